The van der Waals surface area contributed by atoms with Crippen LogP contribution in [0.2, 0.25) is 5.02 Å². The smallest absolute Gasteiger partial charge is 0.344 e. The third kappa shape index (κ3) is 3.85. The van der Waals surface area contributed by atoms with Crippen molar-refractivity contribution >= 4 is 28.5 Å². The van der Waals surface area contributed by atoms with Crippen LogP contribution in [-0.2, 0) is 9.53 Å². The van der Waals surface area contributed by atoms with Crippen molar-refractivity contribution in [2.24, 2.45) is 5.92 Å². The highest BCUT2D eigenvalue weighted by Gasteiger charge is 2.14. The van der Waals surface area contributed by atoms with E-state index in [0.29, 0.717) is 16.3 Å². The number of aromatic nitrogens is 1. The molecule has 5 heteroatoms. The summed E-state index contributed by atoms with van der Waals surface area (Å²) in [6.45, 7) is 5.71. The number of fused-ring (bicyclic) bond motifs is 1. The Kier molecular flexibility index (Phi) is 5.02. The van der Waals surface area contributed by atoms with Gasteiger partial charge in [0.1, 0.15) is 17.4 Å². The standard InChI is InChI=1S/C16H18ClNO3/c1-10(2)11(3)21-15(19)9-20-14-7-6-13(17)12-5-4-8-18-16(12)14/h4-8,10-11H,9H2,1-3H3. The van der Waals surface area contributed by atoms with Gasteiger partial charge in [-0.1, -0.05) is 25.4 Å². The molecule has 0 amide bonds. The Balaban J connectivity index is 2.07. The molecule has 112 valence electrons. The summed E-state index contributed by atoms with van der Waals surface area (Å²) < 4.78 is 10.8. The van der Waals surface area contributed by atoms with Gasteiger partial charge >= 0.3 is 5.97 Å². The average molecular weight is 308 g/mol. The Morgan fingerprint density at radius 3 is 2.76 bits per heavy atom. The van der Waals surface area contributed by atoms with Crippen LogP contribution in [0.15, 0.2) is 30.5 Å². The second-order valence-electron chi connectivity index (χ2n) is 5.17. The number of hydrogen-bond acceptors (Lipinski definition) is 4. The van der Waals surface area contributed by atoms with E-state index in [2.05, 4.69) is 4.98 Å². The molecule has 2 aromatic rings. The molecule has 1 unspecified atom stereocenters. The van der Waals surface area contributed by atoms with E-state index in [1.54, 1.807) is 24.4 Å². The van der Waals surface area contributed by atoms with Gasteiger partial charge in [0.25, 0.3) is 0 Å². The number of esters is 1. The van der Waals surface area contributed by atoms with Gasteiger partial charge in [-0.3, -0.25) is 4.98 Å². The van der Waals surface area contributed by atoms with Crippen molar-refractivity contribution in [1.82, 2.24) is 4.98 Å². The average Bonchev–Trinajstić information content (AvgIpc) is 2.46. The number of rotatable bonds is 5. The first-order valence-electron chi connectivity index (χ1n) is 6.84. The van der Waals surface area contributed by atoms with Gasteiger partial charge in [0.2, 0.25) is 0 Å². The summed E-state index contributed by atoms with van der Waals surface area (Å²) in [5, 5.41) is 1.39. The number of pyridine rings is 1. The van der Waals surface area contributed by atoms with E-state index in [4.69, 9.17) is 21.1 Å². The van der Waals surface area contributed by atoms with Gasteiger partial charge in [-0.15, -0.1) is 0 Å². The minimum absolute atomic E-state index is 0.138. The first kappa shape index (κ1) is 15.6. The van der Waals surface area contributed by atoms with Gasteiger partial charge in [-0.25, -0.2) is 4.79 Å². The lowest BCUT2D eigenvalue weighted by atomic mass is 10.1. The SMILES string of the molecule is CC(C)C(C)OC(=O)COc1ccc(Cl)c2cccnc12. The molecule has 21 heavy (non-hydrogen) atoms. The molecule has 0 aliphatic carbocycles. The zero-order chi connectivity index (χ0) is 15.4. The van der Waals surface area contributed by atoms with Crippen molar-refractivity contribution in [3.63, 3.8) is 0 Å². The van der Waals surface area contributed by atoms with Crippen LogP contribution in [0.4, 0.5) is 0 Å². The van der Waals surface area contributed by atoms with E-state index in [-0.39, 0.29) is 18.6 Å². The van der Waals surface area contributed by atoms with Crippen LogP contribution in [0.25, 0.3) is 10.9 Å². The molecule has 0 radical (unpaired) electrons. The highest BCUT2D eigenvalue weighted by Crippen LogP contribution is 2.29. The Morgan fingerprint density at radius 2 is 2.05 bits per heavy atom. The molecule has 4 nitrogen and oxygen atoms in total. The molecular weight excluding hydrogens is 290 g/mol. The first-order chi connectivity index (χ1) is 9.99. The first-order valence-corrected chi connectivity index (χ1v) is 7.22. The van der Waals surface area contributed by atoms with E-state index in [0.717, 1.165) is 5.39 Å². The number of carbonyl (C=O) groups excluding carboxylic acids is 1. The molecule has 0 aliphatic heterocycles. The maximum Gasteiger partial charge on any atom is 0.344 e. The number of nitrogens with zero attached hydrogens (tertiary/aromatic N) is 1. The normalized spacial score (nSPS) is 12.4. The van der Waals surface area contributed by atoms with Crippen LogP contribution in [0.5, 0.6) is 5.75 Å². The fraction of sp³-hybridized carbons (Fsp3) is 0.375. The van der Waals surface area contributed by atoms with Crippen LogP contribution in [-0.4, -0.2) is 23.7 Å². The van der Waals surface area contributed by atoms with E-state index < -0.39 is 5.97 Å². The molecule has 0 bridgehead atoms. The summed E-state index contributed by atoms with van der Waals surface area (Å²) in [7, 11) is 0. The predicted molar refractivity (Wildman–Crippen MR) is 82.6 cm³/mol. The lowest BCUT2D eigenvalue weighted by Gasteiger charge is -2.17. The van der Waals surface area contributed by atoms with Crippen LogP contribution in [0, 0.1) is 5.92 Å². The summed E-state index contributed by atoms with van der Waals surface area (Å²) >= 11 is 6.11. The van der Waals surface area contributed by atoms with Crippen molar-refractivity contribution in [3.05, 3.63) is 35.5 Å². The quantitative estimate of drug-likeness (QED) is 0.787. The molecule has 0 N–H and O–H groups in total. The van der Waals surface area contributed by atoms with Crippen LogP contribution in [0.1, 0.15) is 20.8 Å². The van der Waals surface area contributed by atoms with Gasteiger partial charge in [-0.05, 0) is 37.1 Å². The van der Waals surface area contributed by atoms with Crippen molar-refractivity contribution < 1.29 is 14.3 Å². The zero-order valence-corrected chi connectivity index (χ0v) is 13.1. The molecule has 1 aromatic carbocycles. The van der Waals surface area contributed by atoms with E-state index in [1.165, 1.54) is 0 Å². The molecular formula is C16H18ClNO3. The van der Waals surface area contributed by atoms with Gasteiger partial charge < -0.3 is 9.47 Å². The third-order valence-electron chi connectivity index (χ3n) is 3.28. The second-order valence-corrected chi connectivity index (χ2v) is 5.58. The minimum atomic E-state index is -0.393. The number of halogens is 1. The largest absolute Gasteiger partial charge is 0.480 e. The molecule has 1 atom stereocenters. The predicted octanol–water partition coefficient (Wildman–Crippen LogP) is 3.85. The topological polar surface area (TPSA) is 48.4 Å². The fourth-order valence-corrected chi connectivity index (χ4v) is 1.96. The van der Waals surface area contributed by atoms with E-state index >= 15 is 0 Å². The van der Waals surface area contributed by atoms with Gasteiger partial charge in [0.15, 0.2) is 6.61 Å². The van der Waals surface area contributed by atoms with Crippen LogP contribution in [0.3, 0.4) is 0 Å². The van der Waals surface area contributed by atoms with Crippen LogP contribution >= 0.6 is 11.6 Å². The van der Waals surface area contributed by atoms with Crippen molar-refractivity contribution in [3.8, 4) is 5.75 Å². The van der Waals surface area contributed by atoms with Crippen molar-refractivity contribution in [2.75, 3.05) is 6.61 Å². The molecule has 0 fully saturated rings. The fourth-order valence-electron chi connectivity index (χ4n) is 1.74. The van der Waals surface area contributed by atoms with E-state index in [9.17, 15) is 4.79 Å². The molecule has 0 aliphatic rings. The Morgan fingerprint density at radius 1 is 1.29 bits per heavy atom. The number of carbonyl (C=O) groups is 1. The molecule has 0 saturated heterocycles. The van der Waals surface area contributed by atoms with E-state index in [1.807, 2.05) is 26.8 Å². The maximum atomic E-state index is 11.7. The summed E-state index contributed by atoms with van der Waals surface area (Å²) in [6, 6.07) is 7.09. The monoisotopic (exact) mass is 307 g/mol. The van der Waals surface area contributed by atoms with Crippen molar-refractivity contribution in [2.45, 2.75) is 26.9 Å². The van der Waals surface area contributed by atoms with Gasteiger partial charge in [0.05, 0.1) is 5.02 Å². The number of ether oxygens (including phenoxy) is 2. The summed E-state index contributed by atoms with van der Waals surface area (Å²) in [4.78, 5) is 16.0. The third-order valence-corrected chi connectivity index (χ3v) is 3.61. The van der Waals surface area contributed by atoms with Crippen LogP contribution < -0.4 is 4.74 Å². The molecule has 2 rings (SSSR count). The minimum Gasteiger partial charge on any atom is -0.480 e. The van der Waals surface area contributed by atoms with Crippen molar-refractivity contribution in [1.29, 1.82) is 0 Å². The summed E-state index contributed by atoms with van der Waals surface area (Å²) in [5.41, 5.74) is 0.634. The van der Waals surface area contributed by atoms with Gasteiger partial charge in [-0.2, -0.15) is 0 Å². The number of benzene rings is 1. The highest BCUT2D eigenvalue weighted by molar-refractivity contribution is 6.35. The molecule has 0 spiro atoms. The summed E-state index contributed by atoms with van der Waals surface area (Å²) in [6.07, 6.45) is 1.52. The zero-order valence-electron chi connectivity index (χ0n) is 12.3. The Bertz CT molecular complexity index is 642. The maximum absolute atomic E-state index is 11.7. The molecule has 1 heterocycles. The summed E-state index contributed by atoms with van der Waals surface area (Å²) in [5.74, 6) is 0.395. The second kappa shape index (κ2) is 6.76. The van der Waals surface area contributed by atoms with Gasteiger partial charge in [0, 0.05) is 11.6 Å². The molecule has 0 saturated carbocycles. The highest BCUT2D eigenvalue weighted by atomic mass is 35.5. The Hall–Kier alpha value is -1.81. The number of hydrogen-bond donors (Lipinski definition) is 0. The molecule has 1 aromatic heterocycles. The Labute approximate surface area is 129 Å². The lowest BCUT2D eigenvalue weighted by molar-refractivity contribution is -0.152. The lowest BCUT2D eigenvalue weighted by Crippen LogP contribution is -2.24.